The number of fused-ring (bicyclic) bond motifs is 2. The molecule has 6 fully saturated rings. The van der Waals surface area contributed by atoms with E-state index in [0.29, 0.717) is 30.2 Å². The van der Waals surface area contributed by atoms with Crippen molar-refractivity contribution in [3.05, 3.63) is 17.7 Å². The molecule has 32 heavy (non-hydrogen) atoms. The molecule has 3 spiro atoms. The number of carbonyl (C=O) groups excluding carboxylic acids is 3. The topological polar surface area (TPSA) is 85.4 Å². The zero-order valence-corrected chi connectivity index (χ0v) is 18.5. The van der Waals surface area contributed by atoms with Crippen LogP contribution in [0.15, 0.2) is 12.1 Å². The first-order valence-electron chi connectivity index (χ1n) is 11.4. The van der Waals surface area contributed by atoms with Gasteiger partial charge in [-0.2, -0.15) is 0 Å². The summed E-state index contributed by atoms with van der Waals surface area (Å²) in [6.45, 7) is 0.679. The molecule has 8 heteroatoms. The lowest BCUT2D eigenvalue weighted by molar-refractivity contribution is -0.153. The number of benzene rings is 1. The van der Waals surface area contributed by atoms with E-state index in [4.69, 9.17) is 14.2 Å². The second-order valence-electron chi connectivity index (χ2n) is 10.3. The Hall–Kier alpha value is -2.77. The number of anilines is 1. The largest absolute Gasteiger partial charge is 0.493 e. The predicted molar refractivity (Wildman–Crippen MR) is 112 cm³/mol. The molecule has 3 unspecified atom stereocenters. The Morgan fingerprint density at radius 1 is 1.09 bits per heavy atom. The molecule has 0 radical (unpaired) electrons. The van der Waals surface area contributed by atoms with Gasteiger partial charge in [0, 0.05) is 12.5 Å². The summed E-state index contributed by atoms with van der Waals surface area (Å²) in [7, 11) is 4.49. The SMILES string of the molecule is COC(=O)N1c2c(ccc(OC)c2OC)[C@]23C4C(=O)[C@H]5CC6(CCCN(C4=O)[C@@H]62)CCC513. The molecule has 4 saturated carbocycles. The van der Waals surface area contributed by atoms with Gasteiger partial charge in [0.2, 0.25) is 5.91 Å². The van der Waals surface area contributed by atoms with E-state index in [9.17, 15) is 14.4 Å². The van der Waals surface area contributed by atoms with E-state index in [2.05, 4.69) is 0 Å². The minimum atomic E-state index is -0.808. The maximum atomic E-state index is 13.9. The maximum Gasteiger partial charge on any atom is 0.414 e. The van der Waals surface area contributed by atoms with Crippen LogP contribution in [0.25, 0.3) is 0 Å². The molecule has 2 saturated heterocycles. The minimum Gasteiger partial charge on any atom is -0.493 e. The molecular formula is C24H26N2O6. The van der Waals surface area contributed by atoms with Crippen LogP contribution in [0.1, 0.15) is 37.7 Å². The molecule has 1 aromatic carbocycles. The molecule has 8 nitrogen and oxygen atoms in total. The fourth-order valence-corrected chi connectivity index (χ4v) is 9.31. The lowest BCUT2D eigenvalue weighted by Gasteiger charge is -2.67. The molecule has 7 aliphatic rings. The van der Waals surface area contributed by atoms with E-state index in [1.54, 1.807) is 19.1 Å². The fourth-order valence-electron chi connectivity index (χ4n) is 9.31. The standard InChI is InChI=1S/C24H26N2O6/c1-30-14-6-5-12-16(18(14)31-2)26(21(29)32-3)23-9-8-22-7-4-10-25-19(28)15(17(27)13(23)11-22)24(12,23)20(22)25/h5-6,13,15,20H,4,7-11H2,1-3H3/t13-,15?,20+,22?,23?,24+/m1/s1. The first-order chi connectivity index (χ1) is 15.4. The number of nitrogens with zero attached hydrogens (tertiary/aromatic N) is 2. The first kappa shape index (κ1) is 18.8. The third-order valence-electron chi connectivity index (χ3n) is 9.86. The molecule has 0 N–H and O–H groups in total. The average molecular weight is 438 g/mol. The van der Waals surface area contributed by atoms with Crippen molar-refractivity contribution in [2.45, 2.75) is 49.1 Å². The van der Waals surface area contributed by atoms with Gasteiger partial charge in [0.15, 0.2) is 17.3 Å². The number of hydrogen-bond acceptors (Lipinski definition) is 6. The molecule has 8 rings (SSSR count). The zero-order valence-electron chi connectivity index (χ0n) is 18.5. The highest BCUT2D eigenvalue weighted by Gasteiger charge is 2.91. The van der Waals surface area contributed by atoms with Crippen LogP contribution in [-0.2, 0) is 19.7 Å². The van der Waals surface area contributed by atoms with E-state index in [1.165, 1.54) is 7.11 Å². The van der Waals surface area contributed by atoms with Crippen molar-refractivity contribution in [3.63, 3.8) is 0 Å². The van der Waals surface area contributed by atoms with Gasteiger partial charge in [-0.3, -0.25) is 14.5 Å². The molecule has 1 aromatic rings. The number of piperidine rings is 1. The van der Waals surface area contributed by atoms with Crippen LogP contribution in [0.4, 0.5) is 10.5 Å². The summed E-state index contributed by atoms with van der Waals surface area (Å²) in [5.74, 6) is -0.182. The van der Waals surface area contributed by atoms with Gasteiger partial charge in [0.1, 0.15) is 5.92 Å². The van der Waals surface area contributed by atoms with E-state index in [0.717, 1.165) is 31.2 Å². The predicted octanol–water partition coefficient (Wildman–Crippen LogP) is 2.27. The number of rotatable bonds is 2. The number of carbonyl (C=O) groups is 3. The number of methoxy groups -OCH3 is 3. The monoisotopic (exact) mass is 438 g/mol. The maximum absolute atomic E-state index is 13.9. The van der Waals surface area contributed by atoms with E-state index in [-0.39, 0.29) is 29.1 Å². The molecule has 2 amide bonds. The van der Waals surface area contributed by atoms with Crippen molar-refractivity contribution in [2.24, 2.45) is 17.3 Å². The van der Waals surface area contributed by atoms with Gasteiger partial charge < -0.3 is 19.1 Å². The number of ether oxygens (including phenoxy) is 3. The van der Waals surface area contributed by atoms with Gasteiger partial charge in [-0.15, -0.1) is 0 Å². The minimum absolute atomic E-state index is 0.0142. The Labute approximate surface area is 185 Å². The van der Waals surface area contributed by atoms with Gasteiger partial charge >= 0.3 is 6.09 Å². The van der Waals surface area contributed by atoms with E-state index in [1.807, 2.05) is 17.0 Å². The third-order valence-corrected chi connectivity index (χ3v) is 9.86. The Bertz CT molecular complexity index is 1130. The van der Waals surface area contributed by atoms with Crippen molar-refractivity contribution in [3.8, 4) is 11.5 Å². The molecule has 0 aromatic heterocycles. The second kappa shape index (κ2) is 5.41. The van der Waals surface area contributed by atoms with Crippen molar-refractivity contribution < 1.29 is 28.6 Å². The van der Waals surface area contributed by atoms with Crippen molar-refractivity contribution in [1.82, 2.24) is 4.90 Å². The average Bonchev–Trinajstić information content (AvgIpc) is 3.30. The van der Waals surface area contributed by atoms with Gasteiger partial charge in [0.25, 0.3) is 0 Å². The molecule has 4 aliphatic carbocycles. The smallest absolute Gasteiger partial charge is 0.414 e. The lowest BCUT2D eigenvalue weighted by atomic mass is 9.41. The molecule has 4 bridgehead atoms. The van der Waals surface area contributed by atoms with Gasteiger partial charge in [-0.05, 0) is 49.1 Å². The van der Waals surface area contributed by atoms with Crippen LogP contribution in [0.3, 0.4) is 0 Å². The summed E-state index contributed by atoms with van der Waals surface area (Å²) >= 11 is 0. The zero-order chi connectivity index (χ0) is 22.2. The van der Waals surface area contributed by atoms with E-state index >= 15 is 0 Å². The Kier molecular flexibility index (Phi) is 3.17. The van der Waals surface area contributed by atoms with Gasteiger partial charge in [0.05, 0.1) is 44.0 Å². The quantitative estimate of drug-likeness (QED) is 0.659. The van der Waals surface area contributed by atoms with Crippen LogP contribution in [-0.4, -0.2) is 62.1 Å². The summed E-state index contributed by atoms with van der Waals surface area (Å²) in [6.07, 6.45) is 3.81. The number of ketones is 1. The molecule has 3 heterocycles. The summed E-state index contributed by atoms with van der Waals surface area (Å²) in [4.78, 5) is 44.9. The van der Waals surface area contributed by atoms with E-state index < -0.39 is 23.0 Å². The number of hydrogen-bond donors (Lipinski definition) is 0. The first-order valence-corrected chi connectivity index (χ1v) is 11.4. The Balaban J connectivity index is 1.65. The normalized spacial score (nSPS) is 41.7. The molecule has 168 valence electrons. The lowest BCUT2D eigenvalue weighted by Crippen LogP contribution is -2.76. The molecule has 3 aliphatic heterocycles. The summed E-state index contributed by atoms with van der Waals surface area (Å²) in [5.41, 5.74) is -0.159. The van der Waals surface area contributed by atoms with Crippen molar-refractivity contribution in [2.75, 3.05) is 32.8 Å². The second-order valence-corrected chi connectivity index (χ2v) is 10.3. The number of amides is 2. The third kappa shape index (κ3) is 1.49. The summed E-state index contributed by atoms with van der Waals surface area (Å²) in [5, 5.41) is 0. The van der Waals surface area contributed by atoms with Crippen LogP contribution in [0.2, 0.25) is 0 Å². The van der Waals surface area contributed by atoms with Crippen LogP contribution >= 0.6 is 0 Å². The highest BCUT2D eigenvalue weighted by atomic mass is 16.5. The van der Waals surface area contributed by atoms with Crippen LogP contribution < -0.4 is 14.4 Å². The summed E-state index contributed by atoms with van der Waals surface area (Å²) in [6, 6.07) is 3.72. The highest BCUT2D eigenvalue weighted by Crippen LogP contribution is 2.81. The molecule has 6 atom stereocenters. The highest BCUT2D eigenvalue weighted by molar-refractivity contribution is 6.15. The fraction of sp³-hybridized carbons (Fsp3) is 0.625. The Morgan fingerprint density at radius 2 is 1.91 bits per heavy atom. The van der Waals surface area contributed by atoms with Crippen molar-refractivity contribution >= 4 is 23.5 Å². The van der Waals surface area contributed by atoms with Crippen LogP contribution in [0, 0.1) is 17.3 Å². The van der Waals surface area contributed by atoms with Gasteiger partial charge in [-0.25, -0.2) is 4.79 Å². The summed E-state index contributed by atoms with van der Waals surface area (Å²) < 4.78 is 16.7. The van der Waals surface area contributed by atoms with Crippen molar-refractivity contribution in [1.29, 1.82) is 0 Å². The molecular weight excluding hydrogens is 412 g/mol. The Morgan fingerprint density at radius 3 is 2.62 bits per heavy atom. The van der Waals surface area contributed by atoms with Crippen LogP contribution in [0.5, 0.6) is 11.5 Å². The number of Topliss-reactive ketones (excluding diaryl/α,β-unsaturated/α-hetero) is 1. The van der Waals surface area contributed by atoms with Gasteiger partial charge in [-0.1, -0.05) is 6.07 Å².